The summed E-state index contributed by atoms with van der Waals surface area (Å²) < 4.78 is 0. The minimum Gasteiger partial charge on any atom is -0.338 e. The predicted molar refractivity (Wildman–Crippen MR) is 62.4 cm³/mol. The van der Waals surface area contributed by atoms with E-state index in [4.69, 9.17) is 5.73 Å². The Kier molecular flexibility index (Phi) is 3.31. The van der Waals surface area contributed by atoms with Gasteiger partial charge in [0, 0.05) is 37.6 Å². The molecule has 1 amide bonds. The fourth-order valence-corrected chi connectivity index (χ4v) is 1.73. The molecule has 0 aliphatic carbocycles. The standard InChI is InChI=1S/C12H15N3O/c13-11-5-7-15(9-11)12(16)4-3-10-2-1-6-14-8-10/h1-4,6,8,11H,5,7,9,13H2/b4-3+/t11-/m1/s1. The second-order valence-electron chi connectivity index (χ2n) is 3.95. The molecule has 1 aliphatic rings. The van der Waals surface area contributed by atoms with Gasteiger partial charge >= 0.3 is 0 Å². The van der Waals surface area contributed by atoms with Gasteiger partial charge in [0.15, 0.2) is 0 Å². The highest BCUT2D eigenvalue weighted by atomic mass is 16.2. The molecule has 2 rings (SSSR count). The highest BCUT2D eigenvalue weighted by Crippen LogP contribution is 2.08. The summed E-state index contributed by atoms with van der Waals surface area (Å²) in [5.41, 5.74) is 6.67. The van der Waals surface area contributed by atoms with Crippen LogP contribution in [-0.2, 0) is 4.79 Å². The molecular formula is C12H15N3O. The zero-order valence-electron chi connectivity index (χ0n) is 9.04. The molecule has 1 aromatic heterocycles. The zero-order valence-corrected chi connectivity index (χ0v) is 9.04. The van der Waals surface area contributed by atoms with Gasteiger partial charge in [0.1, 0.15) is 0 Å². The molecule has 2 heterocycles. The number of nitrogens with two attached hydrogens (primary N) is 1. The molecule has 1 aliphatic heterocycles. The van der Waals surface area contributed by atoms with Gasteiger partial charge in [0.2, 0.25) is 5.91 Å². The topological polar surface area (TPSA) is 59.2 Å². The quantitative estimate of drug-likeness (QED) is 0.740. The summed E-state index contributed by atoms with van der Waals surface area (Å²) in [6, 6.07) is 3.89. The van der Waals surface area contributed by atoms with E-state index in [1.165, 1.54) is 0 Å². The molecule has 16 heavy (non-hydrogen) atoms. The Morgan fingerprint density at radius 2 is 2.50 bits per heavy atom. The Labute approximate surface area is 94.8 Å². The summed E-state index contributed by atoms with van der Waals surface area (Å²) in [4.78, 5) is 17.5. The molecule has 2 N–H and O–H groups in total. The first-order valence-corrected chi connectivity index (χ1v) is 5.38. The molecule has 0 saturated carbocycles. The van der Waals surface area contributed by atoms with E-state index in [0.717, 1.165) is 18.5 Å². The molecule has 0 radical (unpaired) electrons. The van der Waals surface area contributed by atoms with Gasteiger partial charge < -0.3 is 10.6 Å². The average Bonchev–Trinajstić information content (AvgIpc) is 2.74. The molecule has 4 heteroatoms. The van der Waals surface area contributed by atoms with Gasteiger partial charge in [-0.2, -0.15) is 0 Å². The van der Waals surface area contributed by atoms with Crippen LogP contribution in [0.1, 0.15) is 12.0 Å². The van der Waals surface area contributed by atoms with Crippen LogP contribution in [0.25, 0.3) is 6.08 Å². The molecule has 1 fully saturated rings. The molecular weight excluding hydrogens is 202 g/mol. The van der Waals surface area contributed by atoms with Crippen molar-refractivity contribution in [3.63, 3.8) is 0 Å². The number of aromatic nitrogens is 1. The lowest BCUT2D eigenvalue weighted by atomic mass is 10.2. The van der Waals surface area contributed by atoms with Crippen LogP contribution in [0, 0.1) is 0 Å². The third-order valence-electron chi connectivity index (χ3n) is 2.64. The largest absolute Gasteiger partial charge is 0.338 e. The van der Waals surface area contributed by atoms with Crippen molar-refractivity contribution in [3.8, 4) is 0 Å². The average molecular weight is 217 g/mol. The third-order valence-corrected chi connectivity index (χ3v) is 2.64. The molecule has 1 saturated heterocycles. The number of nitrogens with zero attached hydrogens (tertiary/aromatic N) is 2. The maximum Gasteiger partial charge on any atom is 0.246 e. The van der Waals surface area contributed by atoms with Crippen LogP contribution in [0.4, 0.5) is 0 Å². The smallest absolute Gasteiger partial charge is 0.246 e. The SMILES string of the molecule is N[C@@H]1CCN(C(=O)/C=C/c2cccnc2)C1. The van der Waals surface area contributed by atoms with Gasteiger partial charge in [-0.3, -0.25) is 9.78 Å². The van der Waals surface area contributed by atoms with Gasteiger partial charge in [-0.1, -0.05) is 6.07 Å². The number of likely N-dealkylation sites (tertiary alicyclic amines) is 1. The van der Waals surface area contributed by atoms with Crippen molar-refractivity contribution in [1.82, 2.24) is 9.88 Å². The number of rotatable bonds is 2. The third kappa shape index (κ3) is 2.67. The van der Waals surface area contributed by atoms with Gasteiger partial charge in [-0.05, 0) is 24.1 Å². The summed E-state index contributed by atoms with van der Waals surface area (Å²) in [6.45, 7) is 1.42. The molecule has 0 aromatic carbocycles. The fourth-order valence-electron chi connectivity index (χ4n) is 1.73. The lowest BCUT2D eigenvalue weighted by Gasteiger charge is -2.12. The second-order valence-corrected chi connectivity index (χ2v) is 3.95. The minimum absolute atomic E-state index is 0.0248. The van der Waals surface area contributed by atoms with E-state index in [0.29, 0.717) is 6.54 Å². The summed E-state index contributed by atoms with van der Waals surface area (Å²) in [6.07, 6.45) is 7.68. The van der Waals surface area contributed by atoms with E-state index in [2.05, 4.69) is 4.98 Å². The summed E-state index contributed by atoms with van der Waals surface area (Å²) >= 11 is 0. The summed E-state index contributed by atoms with van der Waals surface area (Å²) in [5, 5.41) is 0. The van der Waals surface area contributed by atoms with Crippen LogP contribution >= 0.6 is 0 Å². The highest BCUT2D eigenvalue weighted by Gasteiger charge is 2.21. The van der Waals surface area contributed by atoms with Crippen molar-refractivity contribution < 1.29 is 4.79 Å². The van der Waals surface area contributed by atoms with Crippen LogP contribution in [0.2, 0.25) is 0 Å². The van der Waals surface area contributed by atoms with Crippen molar-refractivity contribution in [2.24, 2.45) is 5.73 Å². The monoisotopic (exact) mass is 217 g/mol. The highest BCUT2D eigenvalue weighted by molar-refractivity contribution is 5.91. The molecule has 0 spiro atoms. The Bertz CT molecular complexity index is 389. The van der Waals surface area contributed by atoms with E-state index >= 15 is 0 Å². The number of amides is 1. The Morgan fingerprint density at radius 1 is 1.62 bits per heavy atom. The number of carbonyl (C=O) groups excluding carboxylic acids is 1. The zero-order chi connectivity index (χ0) is 11.4. The van der Waals surface area contributed by atoms with Gasteiger partial charge in [0.05, 0.1) is 0 Å². The molecule has 4 nitrogen and oxygen atoms in total. The number of hydrogen-bond acceptors (Lipinski definition) is 3. The van der Waals surface area contributed by atoms with Crippen molar-refractivity contribution in [2.45, 2.75) is 12.5 Å². The van der Waals surface area contributed by atoms with Gasteiger partial charge in [0.25, 0.3) is 0 Å². The molecule has 1 aromatic rings. The lowest BCUT2D eigenvalue weighted by molar-refractivity contribution is -0.124. The lowest BCUT2D eigenvalue weighted by Crippen LogP contribution is -2.30. The minimum atomic E-state index is 0.0248. The number of pyridine rings is 1. The van der Waals surface area contributed by atoms with E-state index in [1.54, 1.807) is 29.4 Å². The maximum absolute atomic E-state index is 11.7. The summed E-state index contributed by atoms with van der Waals surface area (Å²) in [5.74, 6) is 0.0248. The van der Waals surface area contributed by atoms with Crippen LogP contribution < -0.4 is 5.73 Å². The van der Waals surface area contributed by atoms with E-state index in [1.807, 2.05) is 12.1 Å². The Hall–Kier alpha value is -1.68. The molecule has 84 valence electrons. The normalized spacial score (nSPS) is 20.6. The van der Waals surface area contributed by atoms with Gasteiger partial charge in [-0.15, -0.1) is 0 Å². The van der Waals surface area contributed by atoms with Gasteiger partial charge in [-0.25, -0.2) is 0 Å². The first-order valence-electron chi connectivity index (χ1n) is 5.38. The molecule has 0 bridgehead atoms. The first-order chi connectivity index (χ1) is 7.75. The Balaban J connectivity index is 1.95. The number of carbonyl (C=O) groups is 1. The van der Waals surface area contributed by atoms with Crippen LogP contribution in [-0.4, -0.2) is 34.9 Å². The van der Waals surface area contributed by atoms with E-state index in [9.17, 15) is 4.79 Å². The van der Waals surface area contributed by atoms with E-state index in [-0.39, 0.29) is 11.9 Å². The van der Waals surface area contributed by atoms with Crippen LogP contribution in [0.5, 0.6) is 0 Å². The Morgan fingerprint density at radius 3 is 3.12 bits per heavy atom. The first kappa shape index (κ1) is 10.8. The van der Waals surface area contributed by atoms with Crippen LogP contribution in [0.15, 0.2) is 30.6 Å². The molecule has 0 unspecified atom stereocenters. The van der Waals surface area contributed by atoms with Crippen molar-refractivity contribution in [3.05, 3.63) is 36.2 Å². The van der Waals surface area contributed by atoms with E-state index < -0.39 is 0 Å². The second kappa shape index (κ2) is 4.90. The summed E-state index contributed by atoms with van der Waals surface area (Å²) in [7, 11) is 0. The van der Waals surface area contributed by atoms with Crippen molar-refractivity contribution in [2.75, 3.05) is 13.1 Å². The van der Waals surface area contributed by atoms with Crippen molar-refractivity contribution >= 4 is 12.0 Å². The maximum atomic E-state index is 11.7. The molecule has 1 atom stereocenters. The predicted octanol–water partition coefficient (Wildman–Crippen LogP) is 0.654. The number of hydrogen-bond donors (Lipinski definition) is 1. The fraction of sp³-hybridized carbons (Fsp3) is 0.333. The van der Waals surface area contributed by atoms with Crippen molar-refractivity contribution in [1.29, 1.82) is 0 Å². The van der Waals surface area contributed by atoms with Crippen LogP contribution in [0.3, 0.4) is 0 Å².